The molecule has 0 saturated carbocycles. The molecule has 106 valence electrons. The zero-order chi connectivity index (χ0) is 13.7. The van der Waals surface area contributed by atoms with Gasteiger partial charge in [-0.05, 0) is 5.92 Å². The van der Waals surface area contributed by atoms with Crippen LogP contribution in [-0.4, -0.2) is 17.5 Å². The van der Waals surface area contributed by atoms with E-state index in [1.165, 1.54) is 44.9 Å². The van der Waals surface area contributed by atoms with E-state index in [-0.39, 0.29) is 29.6 Å². The maximum absolute atomic E-state index is 8.74. The van der Waals surface area contributed by atoms with Gasteiger partial charge in [0, 0.05) is 0 Å². The van der Waals surface area contributed by atoms with Gasteiger partial charge < -0.3 is 6.92 Å². The van der Waals surface area contributed by atoms with E-state index in [0.717, 1.165) is 12.3 Å². The van der Waals surface area contributed by atoms with Gasteiger partial charge in [-0.3, -0.25) is 9.11 Å². The first kappa shape index (κ1) is 23.9. The maximum atomic E-state index is 8.74. The van der Waals surface area contributed by atoms with Crippen molar-refractivity contribution in [1.29, 1.82) is 0 Å². The molecule has 1 unspecified atom stereocenters. The Labute approximate surface area is 135 Å². The van der Waals surface area contributed by atoms with Crippen LogP contribution in [0.5, 0.6) is 0 Å². The minimum absolute atomic E-state index is 0. The van der Waals surface area contributed by atoms with Gasteiger partial charge in [0.15, 0.2) is 0 Å². The molecule has 1 atom stereocenters. The van der Waals surface area contributed by atoms with Gasteiger partial charge in [-0.2, -0.15) is 14.8 Å². The van der Waals surface area contributed by atoms with Gasteiger partial charge in [0.2, 0.25) is 0 Å². The summed E-state index contributed by atoms with van der Waals surface area (Å²) in [7, 11) is -4.67. The average Bonchev–Trinajstić information content (AvgIpc) is 2.19. The van der Waals surface area contributed by atoms with Gasteiger partial charge in [-0.1, -0.05) is 58.8 Å². The second-order valence-electron chi connectivity index (χ2n) is 4.40. The smallest absolute Gasteiger partial charge is 0.343 e. The summed E-state index contributed by atoms with van der Waals surface area (Å²) in [6, 6.07) is 0. The normalized spacial score (nSPS) is 12.1. The maximum Gasteiger partial charge on any atom is 1.00 e. The third-order valence-electron chi connectivity index (χ3n) is 2.50. The van der Waals surface area contributed by atoms with Gasteiger partial charge >= 0.3 is 40.0 Å². The van der Waals surface area contributed by atoms with Crippen molar-refractivity contribution in [2.45, 2.75) is 65.2 Å². The summed E-state index contributed by atoms with van der Waals surface area (Å²) in [5.41, 5.74) is 0. The zero-order valence-corrected chi connectivity index (χ0v) is 14.9. The number of hydrogen-bond acceptors (Lipinski definition) is 2. The third-order valence-corrected chi connectivity index (χ3v) is 2.50. The topological polar surface area (TPSA) is 74.6 Å². The van der Waals surface area contributed by atoms with Crippen LogP contribution in [0.2, 0.25) is 0 Å². The van der Waals surface area contributed by atoms with Crippen LogP contribution in [0.4, 0.5) is 0 Å². The molecule has 0 fully saturated rings. The molecule has 0 spiro atoms. The quantitative estimate of drug-likeness (QED) is 0.302. The molecule has 0 aliphatic heterocycles. The molecule has 0 bridgehead atoms. The van der Waals surface area contributed by atoms with Crippen LogP contribution in [-0.2, 0) is 10.4 Å². The third kappa shape index (κ3) is 36.0. The van der Waals surface area contributed by atoms with Crippen molar-refractivity contribution in [3.05, 3.63) is 6.92 Å². The van der Waals surface area contributed by atoms with E-state index >= 15 is 0 Å². The molecule has 0 saturated heterocycles. The number of hydrogen-bond donors (Lipinski definition) is 2. The van der Waals surface area contributed by atoms with E-state index < -0.39 is 10.4 Å². The molecule has 4 nitrogen and oxygen atoms in total. The molecule has 0 heterocycles. The minimum atomic E-state index is -4.67. The van der Waals surface area contributed by atoms with Crippen LogP contribution in [0.15, 0.2) is 0 Å². The first-order valence-electron chi connectivity index (χ1n) is 6.30. The molecule has 6 heteroatoms. The Balaban J connectivity index is -0.000000321. The van der Waals surface area contributed by atoms with Gasteiger partial charge in [-0.25, -0.2) is 0 Å². The standard InChI is InChI=1S/C12H25.Na.H2O4S/c1-4-6-8-9-11-12(3)10-7-5-2;;1-5(2,3)4/h12H,2,4-11H2,1,3H3;;(H2,1,2,3,4)/q-1;+1;. The van der Waals surface area contributed by atoms with Gasteiger partial charge in [0.1, 0.15) is 0 Å². The molecule has 2 N–H and O–H groups in total. The molecular formula is C12H27NaO4S. The van der Waals surface area contributed by atoms with Gasteiger partial charge in [0.05, 0.1) is 0 Å². The van der Waals surface area contributed by atoms with Gasteiger partial charge in [0.25, 0.3) is 0 Å². The molecule has 0 rings (SSSR count). The van der Waals surface area contributed by atoms with E-state index in [0.29, 0.717) is 0 Å². The van der Waals surface area contributed by atoms with Crippen LogP contribution < -0.4 is 29.6 Å². The van der Waals surface area contributed by atoms with E-state index in [9.17, 15) is 0 Å². The largest absolute Gasteiger partial charge is 1.00 e. The van der Waals surface area contributed by atoms with Crippen molar-refractivity contribution in [1.82, 2.24) is 0 Å². The molecule has 0 aromatic carbocycles. The van der Waals surface area contributed by atoms with E-state index in [1.54, 1.807) is 0 Å². The molecule has 0 amide bonds. The summed E-state index contributed by atoms with van der Waals surface area (Å²) >= 11 is 0. The minimum Gasteiger partial charge on any atom is -0.343 e. The number of unbranched alkanes of at least 4 members (excludes halogenated alkanes) is 4. The first-order chi connectivity index (χ1) is 7.81. The summed E-state index contributed by atoms with van der Waals surface area (Å²) in [4.78, 5) is 0. The molecule has 0 aliphatic carbocycles. The van der Waals surface area contributed by atoms with Crippen LogP contribution in [0.1, 0.15) is 65.2 Å². The van der Waals surface area contributed by atoms with Crippen molar-refractivity contribution < 1.29 is 47.1 Å². The SMILES string of the molecule is O=S(=O)(O)O.[CH2-]CCCC(C)CCCCCC.[Na+]. The predicted molar refractivity (Wildman–Crippen MR) is 71.3 cm³/mol. The van der Waals surface area contributed by atoms with Crippen LogP contribution in [0.3, 0.4) is 0 Å². The Morgan fingerprint density at radius 1 is 1.06 bits per heavy atom. The van der Waals surface area contributed by atoms with Crippen molar-refractivity contribution in [2.24, 2.45) is 5.92 Å². The Morgan fingerprint density at radius 3 is 1.89 bits per heavy atom. The molecule has 18 heavy (non-hydrogen) atoms. The summed E-state index contributed by atoms with van der Waals surface area (Å²) in [5.74, 6) is 0.934. The van der Waals surface area contributed by atoms with Crippen molar-refractivity contribution >= 4 is 10.4 Å². The molecular weight excluding hydrogens is 263 g/mol. The predicted octanol–water partition coefficient (Wildman–Crippen LogP) is 0.948. The van der Waals surface area contributed by atoms with E-state index in [4.69, 9.17) is 17.5 Å². The summed E-state index contributed by atoms with van der Waals surface area (Å²) < 4.78 is 31.6. The molecule has 0 radical (unpaired) electrons. The fourth-order valence-corrected chi connectivity index (χ4v) is 1.56. The molecule has 0 aliphatic rings. The summed E-state index contributed by atoms with van der Waals surface area (Å²) in [6.45, 7) is 8.51. The fraction of sp³-hybridized carbons (Fsp3) is 0.917. The van der Waals surface area contributed by atoms with Crippen LogP contribution >= 0.6 is 0 Å². The Bertz CT molecular complexity index is 234. The van der Waals surface area contributed by atoms with Crippen molar-refractivity contribution in [3.8, 4) is 0 Å². The van der Waals surface area contributed by atoms with Crippen molar-refractivity contribution in [2.75, 3.05) is 0 Å². The summed E-state index contributed by atoms with van der Waals surface area (Å²) in [6.07, 6.45) is 10.9. The van der Waals surface area contributed by atoms with Crippen LogP contribution in [0, 0.1) is 12.8 Å². The Kier molecular flexibility index (Phi) is 21.2. The van der Waals surface area contributed by atoms with Crippen molar-refractivity contribution in [3.63, 3.8) is 0 Å². The second-order valence-corrected chi connectivity index (χ2v) is 5.29. The number of rotatable bonds is 8. The first-order valence-corrected chi connectivity index (χ1v) is 7.70. The Hall–Kier alpha value is 0.870. The molecule has 0 aromatic rings. The average molecular weight is 290 g/mol. The zero-order valence-electron chi connectivity index (χ0n) is 12.1. The van der Waals surface area contributed by atoms with E-state index in [1.807, 2.05) is 0 Å². The monoisotopic (exact) mass is 290 g/mol. The molecule has 0 aromatic heterocycles. The van der Waals surface area contributed by atoms with Crippen LogP contribution in [0.25, 0.3) is 0 Å². The fourth-order valence-electron chi connectivity index (χ4n) is 1.56. The summed E-state index contributed by atoms with van der Waals surface area (Å²) in [5, 5.41) is 0. The second kappa shape index (κ2) is 15.9. The Morgan fingerprint density at radius 2 is 1.50 bits per heavy atom. The van der Waals surface area contributed by atoms with Gasteiger partial charge in [-0.15, -0.1) is 0 Å². The van der Waals surface area contributed by atoms with E-state index in [2.05, 4.69) is 20.8 Å².